The predicted octanol–water partition coefficient (Wildman–Crippen LogP) is 1.44. The first-order valence-corrected chi connectivity index (χ1v) is 8.92. The Labute approximate surface area is 119 Å². The van der Waals surface area contributed by atoms with Crippen molar-refractivity contribution in [2.24, 2.45) is 0 Å². The topological polar surface area (TPSA) is 92.6 Å². The van der Waals surface area contributed by atoms with Crippen LogP contribution in [-0.4, -0.2) is 49.3 Å². The average molecular weight is 323 g/mol. The number of thiophene rings is 1. The van der Waals surface area contributed by atoms with Crippen LogP contribution >= 0.6 is 23.1 Å². The minimum absolute atomic E-state index is 0.0236. The van der Waals surface area contributed by atoms with Gasteiger partial charge in [-0.1, -0.05) is 11.3 Å². The molecule has 0 unspecified atom stereocenters. The molecule has 2 rings (SSSR count). The van der Waals surface area contributed by atoms with E-state index >= 15 is 0 Å². The van der Waals surface area contributed by atoms with Gasteiger partial charge in [-0.3, -0.25) is 10.1 Å². The number of hydrogen-bond donors (Lipinski definition) is 1. The highest BCUT2D eigenvalue weighted by Gasteiger charge is 2.31. The van der Waals surface area contributed by atoms with E-state index in [0.717, 1.165) is 28.9 Å². The number of anilines is 1. The summed E-state index contributed by atoms with van der Waals surface area (Å²) < 4.78 is 26.1. The second kappa shape index (κ2) is 5.65. The number of thioether (sulfide) groups is 1. The first-order chi connectivity index (χ1) is 8.96. The summed E-state index contributed by atoms with van der Waals surface area (Å²) in [5.74, 6) is 1.51. The summed E-state index contributed by atoms with van der Waals surface area (Å²) in [5.41, 5.74) is -0.197. The van der Waals surface area contributed by atoms with Crippen LogP contribution in [0, 0.1) is 10.1 Å². The van der Waals surface area contributed by atoms with Crippen LogP contribution in [0.25, 0.3) is 0 Å². The lowest BCUT2D eigenvalue weighted by atomic mass is 10.5. The Hall–Kier alpha value is -0.840. The largest absolute Gasteiger partial charge is 0.374 e. The van der Waals surface area contributed by atoms with E-state index in [1.165, 1.54) is 11.4 Å². The molecule has 1 N–H and O–H groups in total. The zero-order valence-electron chi connectivity index (χ0n) is 10.2. The van der Waals surface area contributed by atoms with E-state index in [1.807, 2.05) is 0 Å². The normalized spacial score (nSPS) is 17.3. The van der Waals surface area contributed by atoms with Gasteiger partial charge in [0.25, 0.3) is 10.0 Å². The van der Waals surface area contributed by atoms with Crippen LogP contribution in [0.1, 0.15) is 0 Å². The Kier molecular flexibility index (Phi) is 4.33. The summed E-state index contributed by atoms with van der Waals surface area (Å²) in [6.07, 6.45) is 0. The van der Waals surface area contributed by atoms with E-state index in [0.29, 0.717) is 13.1 Å². The summed E-state index contributed by atoms with van der Waals surface area (Å²) >= 11 is 2.60. The van der Waals surface area contributed by atoms with E-state index in [1.54, 1.807) is 11.8 Å². The van der Waals surface area contributed by atoms with E-state index < -0.39 is 14.9 Å². The van der Waals surface area contributed by atoms with E-state index in [9.17, 15) is 18.5 Å². The van der Waals surface area contributed by atoms with Crippen molar-refractivity contribution in [1.29, 1.82) is 0 Å². The maximum Gasteiger partial charge on any atom is 0.304 e. The van der Waals surface area contributed by atoms with Crippen molar-refractivity contribution in [3.63, 3.8) is 0 Å². The van der Waals surface area contributed by atoms with Crippen LogP contribution in [0.3, 0.4) is 0 Å². The number of sulfonamides is 1. The molecule has 1 saturated heterocycles. The zero-order chi connectivity index (χ0) is 14.0. The van der Waals surface area contributed by atoms with Gasteiger partial charge in [0.1, 0.15) is 4.21 Å². The Bertz CT molecular complexity index is 578. The molecule has 7 nitrogen and oxygen atoms in total. The molecule has 0 atom stereocenters. The van der Waals surface area contributed by atoms with Crippen LogP contribution in [0.5, 0.6) is 0 Å². The Morgan fingerprint density at radius 3 is 2.53 bits per heavy atom. The van der Waals surface area contributed by atoms with Gasteiger partial charge in [-0.05, 0) is 0 Å². The molecule has 10 heteroatoms. The van der Waals surface area contributed by atoms with Gasteiger partial charge in [0.05, 0.1) is 4.92 Å². The second-order valence-corrected chi connectivity index (χ2v) is 8.25. The molecule has 0 amide bonds. The van der Waals surface area contributed by atoms with Crippen molar-refractivity contribution in [3.05, 3.63) is 16.2 Å². The summed E-state index contributed by atoms with van der Waals surface area (Å²) in [6.45, 7) is 0.904. The van der Waals surface area contributed by atoms with Crippen LogP contribution in [0.4, 0.5) is 10.7 Å². The number of nitrogens with one attached hydrogen (secondary N) is 1. The highest BCUT2D eigenvalue weighted by molar-refractivity contribution is 7.99. The minimum Gasteiger partial charge on any atom is -0.374 e. The van der Waals surface area contributed by atoms with Gasteiger partial charge in [-0.25, -0.2) is 8.42 Å². The molecule has 1 aromatic rings. The van der Waals surface area contributed by atoms with Crippen molar-refractivity contribution in [1.82, 2.24) is 4.31 Å². The first kappa shape index (κ1) is 14.6. The lowest BCUT2D eigenvalue weighted by Crippen LogP contribution is -2.37. The third-order valence-electron chi connectivity index (χ3n) is 2.68. The summed E-state index contributed by atoms with van der Waals surface area (Å²) in [6, 6.07) is 1.13. The van der Waals surface area contributed by atoms with Crippen LogP contribution in [-0.2, 0) is 10.0 Å². The summed E-state index contributed by atoms with van der Waals surface area (Å²) in [7, 11) is -2.08. The Balaban J connectivity index is 2.37. The summed E-state index contributed by atoms with van der Waals surface area (Å²) in [4.78, 5) is 10.3. The van der Waals surface area contributed by atoms with E-state index in [2.05, 4.69) is 5.32 Å². The lowest BCUT2D eigenvalue weighted by Gasteiger charge is -2.24. The summed E-state index contributed by atoms with van der Waals surface area (Å²) in [5, 5.41) is 13.8. The number of nitrogens with zero attached hydrogens (tertiary/aromatic N) is 2. The number of rotatable bonds is 4. The van der Waals surface area contributed by atoms with Crippen molar-refractivity contribution >= 4 is 43.8 Å². The fraction of sp³-hybridized carbons (Fsp3) is 0.556. The predicted molar refractivity (Wildman–Crippen MR) is 76.6 cm³/mol. The molecule has 19 heavy (non-hydrogen) atoms. The molecule has 0 spiro atoms. The molecule has 0 aliphatic carbocycles. The number of nitro groups is 1. The van der Waals surface area contributed by atoms with Gasteiger partial charge >= 0.3 is 5.69 Å². The molecule has 2 heterocycles. The lowest BCUT2D eigenvalue weighted by molar-refractivity contribution is -0.383. The standard InChI is InChI=1S/C9H13N3O4S3/c1-10-9-7(12(13)14)6-8(18-9)19(15,16)11-2-4-17-5-3-11/h6,10H,2-5H2,1H3. The van der Waals surface area contributed by atoms with Gasteiger partial charge in [0.2, 0.25) is 0 Å². The quantitative estimate of drug-likeness (QED) is 0.666. The van der Waals surface area contributed by atoms with Crippen molar-refractivity contribution < 1.29 is 13.3 Å². The molecular weight excluding hydrogens is 310 g/mol. The smallest absolute Gasteiger partial charge is 0.304 e. The maximum atomic E-state index is 12.4. The fourth-order valence-electron chi connectivity index (χ4n) is 1.72. The fourth-order valence-corrected chi connectivity index (χ4v) is 5.73. The molecule has 0 aromatic carbocycles. The van der Waals surface area contributed by atoms with E-state index in [4.69, 9.17) is 0 Å². The Morgan fingerprint density at radius 2 is 2.05 bits per heavy atom. The maximum absolute atomic E-state index is 12.4. The molecule has 106 valence electrons. The third-order valence-corrected chi connectivity index (χ3v) is 7.11. The van der Waals surface area contributed by atoms with Crippen LogP contribution in [0.2, 0.25) is 0 Å². The molecule has 1 aliphatic rings. The van der Waals surface area contributed by atoms with Gasteiger partial charge < -0.3 is 5.32 Å². The molecule has 1 aliphatic heterocycles. The monoisotopic (exact) mass is 323 g/mol. The zero-order valence-corrected chi connectivity index (χ0v) is 12.6. The average Bonchev–Trinajstić information content (AvgIpc) is 2.84. The highest BCUT2D eigenvalue weighted by atomic mass is 32.2. The van der Waals surface area contributed by atoms with Crippen molar-refractivity contribution in [2.45, 2.75) is 4.21 Å². The second-order valence-electron chi connectivity index (χ2n) is 3.80. The first-order valence-electron chi connectivity index (χ1n) is 5.50. The van der Waals surface area contributed by atoms with Crippen molar-refractivity contribution in [3.8, 4) is 0 Å². The van der Waals surface area contributed by atoms with Crippen LogP contribution in [0.15, 0.2) is 10.3 Å². The highest BCUT2D eigenvalue weighted by Crippen LogP contribution is 2.38. The van der Waals surface area contributed by atoms with Gasteiger partial charge in [-0.2, -0.15) is 16.1 Å². The molecule has 0 saturated carbocycles. The van der Waals surface area contributed by atoms with Crippen molar-refractivity contribution in [2.75, 3.05) is 37.0 Å². The third kappa shape index (κ3) is 2.86. The molecule has 1 aromatic heterocycles. The van der Waals surface area contributed by atoms with Gasteiger partial charge in [0.15, 0.2) is 5.00 Å². The van der Waals surface area contributed by atoms with Crippen LogP contribution < -0.4 is 5.32 Å². The molecule has 0 bridgehead atoms. The number of hydrogen-bond acceptors (Lipinski definition) is 7. The molecular formula is C9H13N3O4S3. The van der Waals surface area contributed by atoms with E-state index in [-0.39, 0.29) is 14.9 Å². The molecule has 1 fully saturated rings. The van der Waals surface area contributed by atoms with Gasteiger partial charge in [-0.15, -0.1) is 0 Å². The SMILES string of the molecule is CNc1sc(S(=O)(=O)N2CCSCC2)cc1[N+](=O)[O-]. The Morgan fingerprint density at radius 1 is 1.42 bits per heavy atom. The minimum atomic E-state index is -3.61. The van der Waals surface area contributed by atoms with Gasteiger partial charge in [0, 0.05) is 37.7 Å². The molecule has 0 radical (unpaired) electrons.